The monoisotopic (exact) mass is 369 g/mol. The van der Waals surface area contributed by atoms with Crippen LogP contribution < -0.4 is 15.4 Å². The molecule has 2 heterocycles. The van der Waals surface area contributed by atoms with E-state index in [-0.39, 0.29) is 24.4 Å². The average molecular weight is 370 g/mol. The molecule has 2 N–H and O–H groups in total. The summed E-state index contributed by atoms with van der Waals surface area (Å²) in [5.74, 6) is 0.723. The molecule has 1 aromatic heterocycles. The Balaban J connectivity index is 0.00000208. The Labute approximate surface area is 151 Å². The van der Waals surface area contributed by atoms with Gasteiger partial charge in [-0.05, 0) is 31.2 Å². The zero-order chi connectivity index (χ0) is 16.1. The summed E-state index contributed by atoms with van der Waals surface area (Å²) in [6, 6.07) is 7.44. The second-order valence-corrected chi connectivity index (χ2v) is 5.92. The highest BCUT2D eigenvalue weighted by Crippen LogP contribution is 2.26. The SMILES string of the molecule is CCOc1ccc(-c2csc(NC(=O)C3COCCN3)n2)cc1.Cl. The summed E-state index contributed by atoms with van der Waals surface area (Å²) in [4.78, 5) is 16.6. The maximum absolute atomic E-state index is 12.1. The molecule has 2 aromatic rings. The molecule has 1 unspecified atom stereocenters. The standard InChI is InChI=1S/C16H19N3O3S.ClH/c1-2-22-12-5-3-11(4-6-12)14-10-23-16(18-14)19-15(20)13-9-21-8-7-17-13;/h3-6,10,13,17H,2,7-9H2,1H3,(H,18,19,20);1H. The van der Waals surface area contributed by atoms with Gasteiger partial charge in [0.15, 0.2) is 5.13 Å². The molecule has 0 spiro atoms. The number of benzene rings is 1. The number of ether oxygens (including phenoxy) is 2. The first-order valence-electron chi connectivity index (χ1n) is 7.57. The Hall–Kier alpha value is -1.67. The van der Waals surface area contributed by atoms with Crippen LogP contribution in [0.15, 0.2) is 29.6 Å². The van der Waals surface area contributed by atoms with Crippen molar-refractivity contribution in [2.45, 2.75) is 13.0 Å². The van der Waals surface area contributed by atoms with Crippen LogP contribution in [-0.2, 0) is 9.53 Å². The number of aromatic nitrogens is 1. The van der Waals surface area contributed by atoms with Gasteiger partial charge >= 0.3 is 0 Å². The van der Waals surface area contributed by atoms with E-state index in [0.29, 0.717) is 31.5 Å². The van der Waals surface area contributed by atoms with Gasteiger partial charge in [-0.15, -0.1) is 23.7 Å². The minimum absolute atomic E-state index is 0. The zero-order valence-corrected chi connectivity index (χ0v) is 14.9. The third-order valence-electron chi connectivity index (χ3n) is 3.43. The molecular formula is C16H20ClN3O3S. The smallest absolute Gasteiger partial charge is 0.245 e. The molecule has 3 rings (SSSR count). The lowest BCUT2D eigenvalue weighted by Gasteiger charge is -2.22. The van der Waals surface area contributed by atoms with Gasteiger partial charge in [-0.2, -0.15) is 0 Å². The number of thiazole rings is 1. The number of amides is 1. The molecule has 0 radical (unpaired) electrons. The van der Waals surface area contributed by atoms with E-state index < -0.39 is 0 Å². The quantitative estimate of drug-likeness (QED) is 0.847. The number of rotatable bonds is 5. The fourth-order valence-corrected chi connectivity index (χ4v) is 3.00. The van der Waals surface area contributed by atoms with Crippen molar-refractivity contribution in [2.24, 2.45) is 0 Å². The van der Waals surface area contributed by atoms with E-state index >= 15 is 0 Å². The largest absolute Gasteiger partial charge is 0.494 e. The van der Waals surface area contributed by atoms with Crippen LogP contribution in [0, 0.1) is 0 Å². The number of nitrogens with zero attached hydrogens (tertiary/aromatic N) is 1. The second kappa shape index (κ2) is 8.98. The van der Waals surface area contributed by atoms with Gasteiger partial charge in [-0.1, -0.05) is 0 Å². The van der Waals surface area contributed by atoms with Gasteiger partial charge in [0.2, 0.25) is 5.91 Å². The van der Waals surface area contributed by atoms with Gasteiger partial charge in [0, 0.05) is 17.5 Å². The lowest BCUT2D eigenvalue weighted by molar-refractivity contribution is -0.120. The Morgan fingerprint density at radius 3 is 2.92 bits per heavy atom. The van der Waals surface area contributed by atoms with Crippen molar-refractivity contribution < 1.29 is 14.3 Å². The van der Waals surface area contributed by atoms with Crippen molar-refractivity contribution in [3.8, 4) is 17.0 Å². The Morgan fingerprint density at radius 1 is 1.46 bits per heavy atom. The molecular weight excluding hydrogens is 350 g/mol. The van der Waals surface area contributed by atoms with Crippen molar-refractivity contribution in [1.82, 2.24) is 10.3 Å². The van der Waals surface area contributed by atoms with Crippen LogP contribution in [0.4, 0.5) is 5.13 Å². The van der Waals surface area contributed by atoms with E-state index in [0.717, 1.165) is 17.0 Å². The Morgan fingerprint density at radius 2 is 2.25 bits per heavy atom. The fraction of sp³-hybridized carbons (Fsp3) is 0.375. The maximum atomic E-state index is 12.1. The molecule has 0 bridgehead atoms. The van der Waals surface area contributed by atoms with Crippen molar-refractivity contribution in [3.63, 3.8) is 0 Å². The topological polar surface area (TPSA) is 72.5 Å². The number of hydrogen-bond acceptors (Lipinski definition) is 6. The first-order chi connectivity index (χ1) is 11.3. The predicted octanol–water partition coefficient (Wildman–Crippen LogP) is 2.56. The second-order valence-electron chi connectivity index (χ2n) is 5.07. The van der Waals surface area contributed by atoms with E-state index in [1.165, 1.54) is 11.3 Å². The molecule has 1 aromatic carbocycles. The highest BCUT2D eigenvalue weighted by molar-refractivity contribution is 7.14. The van der Waals surface area contributed by atoms with Gasteiger partial charge in [-0.3, -0.25) is 4.79 Å². The Kier molecular flexibility index (Phi) is 6.99. The molecule has 0 saturated carbocycles. The van der Waals surface area contributed by atoms with Crippen molar-refractivity contribution in [1.29, 1.82) is 0 Å². The normalized spacial score (nSPS) is 17.0. The van der Waals surface area contributed by atoms with Crippen LogP contribution in [0.5, 0.6) is 5.75 Å². The third kappa shape index (κ3) is 4.67. The van der Waals surface area contributed by atoms with E-state index in [9.17, 15) is 4.79 Å². The number of hydrogen-bond donors (Lipinski definition) is 2. The zero-order valence-electron chi connectivity index (χ0n) is 13.3. The molecule has 1 saturated heterocycles. The lowest BCUT2D eigenvalue weighted by Crippen LogP contribution is -2.48. The van der Waals surface area contributed by atoms with E-state index in [1.807, 2.05) is 36.6 Å². The number of halogens is 1. The van der Waals surface area contributed by atoms with E-state index in [4.69, 9.17) is 9.47 Å². The minimum atomic E-state index is -0.318. The summed E-state index contributed by atoms with van der Waals surface area (Å²) < 4.78 is 10.7. The number of nitrogens with one attached hydrogen (secondary N) is 2. The van der Waals surface area contributed by atoms with Crippen LogP contribution >= 0.6 is 23.7 Å². The van der Waals surface area contributed by atoms with E-state index in [2.05, 4.69) is 15.6 Å². The summed E-state index contributed by atoms with van der Waals surface area (Å²) >= 11 is 1.41. The Bertz CT molecular complexity index is 657. The summed E-state index contributed by atoms with van der Waals surface area (Å²) in [5.41, 5.74) is 1.82. The number of morpholine rings is 1. The summed E-state index contributed by atoms with van der Waals surface area (Å²) in [5, 5.41) is 8.47. The number of anilines is 1. The molecule has 24 heavy (non-hydrogen) atoms. The van der Waals surface area contributed by atoms with Crippen molar-refractivity contribution in [2.75, 3.05) is 31.7 Å². The third-order valence-corrected chi connectivity index (χ3v) is 4.19. The van der Waals surface area contributed by atoms with Gasteiger partial charge in [0.05, 0.1) is 25.5 Å². The molecule has 6 nitrogen and oxygen atoms in total. The summed E-state index contributed by atoms with van der Waals surface area (Å²) in [6.45, 7) is 4.32. The molecule has 8 heteroatoms. The summed E-state index contributed by atoms with van der Waals surface area (Å²) in [7, 11) is 0. The lowest BCUT2D eigenvalue weighted by atomic mass is 10.2. The van der Waals surface area contributed by atoms with Crippen LogP contribution in [-0.4, -0.2) is 43.3 Å². The van der Waals surface area contributed by atoms with Gasteiger partial charge in [-0.25, -0.2) is 4.98 Å². The molecule has 1 atom stereocenters. The first-order valence-corrected chi connectivity index (χ1v) is 8.45. The van der Waals surface area contributed by atoms with Gasteiger partial charge < -0.3 is 20.1 Å². The molecule has 1 amide bonds. The van der Waals surface area contributed by atoms with Gasteiger partial charge in [0.25, 0.3) is 0 Å². The minimum Gasteiger partial charge on any atom is -0.494 e. The predicted molar refractivity (Wildman–Crippen MR) is 97.2 cm³/mol. The van der Waals surface area contributed by atoms with Crippen molar-refractivity contribution >= 4 is 34.8 Å². The van der Waals surface area contributed by atoms with Crippen molar-refractivity contribution in [3.05, 3.63) is 29.6 Å². The molecule has 1 aliphatic rings. The van der Waals surface area contributed by atoms with E-state index in [1.54, 1.807) is 0 Å². The highest BCUT2D eigenvalue weighted by Gasteiger charge is 2.22. The van der Waals surface area contributed by atoms with Crippen LogP contribution in [0.1, 0.15) is 6.92 Å². The highest BCUT2D eigenvalue weighted by atomic mass is 35.5. The average Bonchev–Trinajstić information content (AvgIpc) is 3.05. The number of carbonyl (C=O) groups excluding carboxylic acids is 1. The summed E-state index contributed by atoms with van der Waals surface area (Å²) in [6.07, 6.45) is 0. The molecule has 1 aliphatic heterocycles. The van der Waals surface area contributed by atoms with Crippen LogP contribution in [0.25, 0.3) is 11.3 Å². The first kappa shape index (κ1) is 18.7. The van der Waals surface area contributed by atoms with Crippen LogP contribution in [0.2, 0.25) is 0 Å². The van der Waals surface area contributed by atoms with Crippen LogP contribution in [0.3, 0.4) is 0 Å². The van der Waals surface area contributed by atoms with Gasteiger partial charge in [0.1, 0.15) is 11.8 Å². The number of carbonyl (C=O) groups is 1. The molecule has 0 aliphatic carbocycles. The maximum Gasteiger partial charge on any atom is 0.245 e. The fourth-order valence-electron chi connectivity index (χ4n) is 2.28. The molecule has 1 fully saturated rings. The molecule has 130 valence electrons.